The van der Waals surface area contributed by atoms with Gasteiger partial charge < -0.3 is 35.8 Å². The van der Waals surface area contributed by atoms with Crippen molar-refractivity contribution in [1.82, 2.24) is 10.2 Å². The summed E-state index contributed by atoms with van der Waals surface area (Å²) in [5, 5.41) is 16.6. The highest BCUT2D eigenvalue weighted by molar-refractivity contribution is 5.99. The first-order valence-corrected chi connectivity index (χ1v) is 15.6. The second-order valence-electron chi connectivity index (χ2n) is 12.1. The predicted octanol–water partition coefficient (Wildman–Crippen LogP) is 5.74. The van der Waals surface area contributed by atoms with Crippen molar-refractivity contribution < 1.29 is 33.8 Å². The van der Waals surface area contributed by atoms with Crippen molar-refractivity contribution >= 4 is 29.5 Å². The van der Waals surface area contributed by atoms with Crippen LogP contribution in [-0.4, -0.2) is 59.1 Å². The van der Waals surface area contributed by atoms with Gasteiger partial charge in [0.05, 0.1) is 7.11 Å². The molecule has 11 nitrogen and oxygen atoms in total. The number of amides is 4. The Bertz CT molecular complexity index is 1270. The van der Waals surface area contributed by atoms with Gasteiger partial charge in [0.15, 0.2) is 0 Å². The van der Waals surface area contributed by atoms with Crippen LogP contribution in [0.25, 0.3) is 0 Å². The molecule has 11 heteroatoms. The molecule has 0 saturated heterocycles. The highest BCUT2D eigenvalue weighted by Gasteiger charge is 2.37. The predicted molar refractivity (Wildman–Crippen MR) is 174 cm³/mol. The molecule has 5 N–H and O–H groups in total. The molecule has 2 unspecified atom stereocenters. The topological polar surface area (TPSA) is 160 Å². The quantitative estimate of drug-likeness (QED) is 0.163. The van der Waals surface area contributed by atoms with E-state index in [1.807, 2.05) is 0 Å². The maximum absolute atomic E-state index is 14.4. The van der Waals surface area contributed by atoms with Gasteiger partial charge in [-0.05, 0) is 70.4 Å². The smallest absolute Gasteiger partial charge is 0.408 e. The zero-order valence-electron chi connectivity index (χ0n) is 27.5. The van der Waals surface area contributed by atoms with Crippen molar-refractivity contribution in [2.75, 3.05) is 19.0 Å². The molecule has 0 bridgehead atoms. The van der Waals surface area contributed by atoms with Crippen LogP contribution in [0.2, 0.25) is 0 Å². The van der Waals surface area contributed by atoms with E-state index in [2.05, 4.69) is 17.6 Å². The molecule has 2 aromatic rings. The number of unbranched alkanes of at least 4 members (excludes halogenated alkanes) is 5. The number of nitrogens with zero attached hydrogens (tertiary/aromatic N) is 1. The molecule has 2 aromatic carbocycles. The van der Waals surface area contributed by atoms with Crippen molar-refractivity contribution in [3.8, 4) is 11.5 Å². The van der Waals surface area contributed by atoms with Crippen LogP contribution in [0.4, 0.5) is 10.5 Å². The fourth-order valence-corrected chi connectivity index (χ4v) is 4.86. The third-order valence-electron chi connectivity index (χ3n) is 7.19. The summed E-state index contributed by atoms with van der Waals surface area (Å²) in [6.45, 7) is 9.07. The molecule has 0 aliphatic carbocycles. The van der Waals surface area contributed by atoms with Crippen molar-refractivity contribution in [3.63, 3.8) is 0 Å². The van der Waals surface area contributed by atoms with E-state index in [4.69, 9.17) is 15.2 Å². The Labute approximate surface area is 266 Å². The minimum atomic E-state index is -1.27. The first kappa shape index (κ1) is 36.9. The second-order valence-corrected chi connectivity index (χ2v) is 12.1. The van der Waals surface area contributed by atoms with Crippen LogP contribution in [0.3, 0.4) is 0 Å². The Kier molecular flexibility index (Phi) is 14.7. The van der Waals surface area contributed by atoms with E-state index in [0.29, 0.717) is 23.4 Å². The van der Waals surface area contributed by atoms with Crippen LogP contribution in [-0.2, 0) is 19.1 Å². The van der Waals surface area contributed by atoms with E-state index < -0.39 is 41.5 Å². The summed E-state index contributed by atoms with van der Waals surface area (Å²) in [5.41, 5.74) is 5.79. The van der Waals surface area contributed by atoms with Crippen LogP contribution < -0.4 is 21.1 Å². The zero-order chi connectivity index (χ0) is 33.6. The van der Waals surface area contributed by atoms with Gasteiger partial charge in [-0.1, -0.05) is 57.2 Å². The largest absolute Gasteiger partial charge is 0.507 e. The number of ether oxygens (including phenoxy) is 2. The average Bonchev–Trinajstić information content (AvgIpc) is 2.97. The number of aromatic hydroxyl groups is 1. The molecule has 0 spiro atoms. The molecule has 0 fully saturated rings. The summed E-state index contributed by atoms with van der Waals surface area (Å²) in [4.78, 5) is 54.5. The summed E-state index contributed by atoms with van der Waals surface area (Å²) in [6, 6.07) is 9.24. The number of phenols is 1. The van der Waals surface area contributed by atoms with E-state index in [9.17, 15) is 24.3 Å². The molecule has 0 radical (unpaired) electrons. The minimum absolute atomic E-state index is 0.104. The number of nitrogens with two attached hydrogens (primary N) is 1. The van der Waals surface area contributed by atoms with Crippen LogP contribution >= 0.6 is 0 Å². The van der Waals surface area contributed by atoms with Gasteiger partial charge in [0.25, 0.3) is 5.91 Å². The molecular weight excluding hydrogens is 576 g/mol. The lowest BCUT2D eigenvalue weighted by atomic mass is 9.98. The summed E-state index contributed by atoms with van der Waals surface area (Å²) in [5.74, 6) is -1.34. The minimum Gasteiger partial charge on any atom is -0.507 e. The lowest BCUT2D eigenvalue weighted by Crippen LogP contribution is -2.52. The molecule has 0 aromatic heterocycles. The molecular formula is C34H50N4O7. The monoisotopic (exact) mass is 626 g/mol. The molecule has 248 valence electrons. The van der Waals surface area contributed by atoms with Crippen LogP contribution in [0.15, 0.2) is 42.5 Å². The number of para-hydroxylation sites is 1. The fraction of sp³-hybridized carbons (Fsp3) is 0.529. The van der Waals surface area contributed by atoms with Gasteiger partial charge in [-0.25, -0.2) is 4.79 Å². The van der Waals surface area contributed by atoms with Crippen LogP contribution in [0.1, 0.15) is 96.2 Å². The van der Waals surface area contributed by atoms with Gasteiger partial charge in [-0.15, -0.1) is 0 Å². The summed E-state index contributed by atoms with van der Waals surface area (Å²) in [6.07, 6.45) is 4.43. The molecule has 2 atom stereocenters. The van der Waals surface area contributed by atoms with Crippen molar-refractivity contribution in [2.45, 2.75) is 104 Å². The number of hydrogen-bond acceptors (Lipinski definition) is 7. The number of carbonyl (C=O) groups excluding carboxylic acids is 4. The van der Waals surface area contributed by atoms with E-state index in [-0.39, 0.29) is 30.7 Å². The van der Waals surface area contributed by atoms with Crippen molar-refractivity contribution in [3.05, 3.63) is 53.6 Å². The van der Waals surface area contributed by atoms with Gasteiger partial charge in [-0.2, -0.15) is 0 Å². The second kappa shape index (κ2) is 17.9. The number of alkyl carbamates (subject to hydrolysis) is 1. The number of primary amides is 1. The molecule has 0 saturated carbocycles. The fourth-order valence-electron chi connectivity index (χ4n) is 4.86. The Morgan fingerprint density at radius 2 is 1.62 bits per heavy atom. The normalized spacial score (nSPS) is 12.5. The van der Waals surface area contributed by atoms with Gasteiger partial charge in [0.1, 0.15) is 29.2 Å². The number of nitrogens with one attached hydrogen (secondary N) is 2. The highest BCUT2D eigenvalue weighted by atomic mass is 16.6. The summed E-state index contributed by atoms with van der Waals surface area (Å²) < 4.78 is 10.6. The SMILES string of the molecule is CCCCCCCCN(C(=O)C(CCC(N)=O)NC(=O)OC(C)(C)C)C(C(=O)Nc1ccc(OC)cc1)c1cccc(C)c1O. The highest BCUT2D eigenvalue weighted by Crippen LogP contribution is 2.34. The van der Waals surface area contributed by atoms with E-state index in [1.165, 1.54) is 12.0 Å². The molecule has 0 heterocycles. The van der Waals surface area contributed by atoms with E-state index in [0.717, 1.165) is 32.1 Å². The summed E-state index contributed by atoms with van der Waals surface area (Å²) >= 11 is 0. The standard InChI is InChI=1S/C34H50N4O7/c1-7-8-9-10-11-12-22-38(32(42)27(20-21-28(35)39)37-33(43)45-34(3,4)5)29(26-15-13-14-23(2)30(26)40)31(41)36-24-16-18-25(44-6)19-17-24/h13-19,27,29,40H,7-12,20-22H2,1-6H3,(H2,35,39)(H,36,41)(H,37,43). The number of anilines is 1. The van der Waals surface area contributed by atoms with Crippen LogP contribution in [0.5, 0.6) is 11.5 Å². The van der Waals surface area contributed by atoms with Gasteiger partial charge in [-0.3, -0.25) is 14.4 Å². The van der Waals surface area contributed by atoms with Crippen molar-refractivity contribution in [2.24, 2.45) is 5.73 Å². The molecule has 0 aliphatic heterocycles. The number of methoxy groups -OCH3 is 1. The third-order valence-corrected chi connectivity index (χ3v) is 7.19. The van der Waals surface area contributed by atoms with Crippen molar-refractivity contribution in [1.29, 1.82) is 0 Å². The van der Waals surface area contributed by atoms with Gasteiger partial charge in [0.2, 0.25) is 11.8 Å². The Hall–Kier alpha value is -4.28. The lowest BCUT2D eigenvalue weighted by Gasteiger charge is -2.35. The maximum Gasteiger partial charge on any atom is 0.408 e. The number of rotatable bonds is 17. The Balaban J connectivity index is 2.58. The van der Waals surface area contributed by atoms with E-state index in [1.54, 1.807) is 70.2 Å². The number of benzene rings is 2. The molecule has 2 rings (SSSR count). The number of phenolic OH excluding ortho intramolecular Hbond substituents is 1. The van der Waals surface area contributed by atoms with E-state index >= 15 is 0 Å². The first-order chi connectivity index (χ1) is 21.3. The third kappa shape index (κ3) is 12.3. The molecule has 45 heavy (non-hydrogen) atoms. The van der Waals surface area contributed by atoms with Gasteiger partial charge in [0, 0.05) is 24.2 Å². The zero-order valence-corrected chi connectivity index (χ0v) is 27.5. The lowest BCUT2D eigenvalue weighted by molar-refractivity contribution is -0.141. The first-order valence-electron chi connectivity index (χ1n) is 15.6. The Morgan fingerprint density at radius 3 is 2.22 bits per heavy atom. The van der Waals surface area contributed by atoms with Gasteiger partial charge >= 0.3 is 6.09 Å². The average molecular weight is 627 g/mol. The summed E-state index contributed by atoms with van der Waals surface area (Å²) in [7, 11) is 1.54. The maximum atomic E-state index is 14.4. The van der Waals surface area contributed by atoms with Crippen LogP contribution in [0, 0.1) is 6.92 Å². The number of carbonyl (C=O) groups is 4. The molecule has 0 aliphatic rings. The number of hydrogen-bond donors (Lipinski definition) is 4. The number of aryl methyl sites for hydroxylation is 1. The molecule has 4 amide bonds. The Morgan fingerprint density at radius 1 is 0.978 bits per heavy atom.